The lowest BCUT2D eigenvalue weighted by atomic mass is 9.85. The molecule has 0 atom stereocenters. The predicted molar refractivity (Wildman–Crippen MR) is 161 cm³/mol. The summed E-state index contributed by atoms with van der Waals surface area (Å²) in [7, 11) is 0. The molecule has 0 unspecified atom stereocenters. The summed E-state index contributed by atoms with van der Waals surface area (Å²) in [5.74, 6) is -10.8. The second-order valence-corrected chi connectivity index (χ2v) is 15.0. The molecule has 0 bridgehead atoms. The first-order valence-electron chi connectivity index (χ1n) is 12.8. The fraction of sp³-hybridized carbons (Fsp3) is 0.0690. The lowest BCUT2D eigenvalue weighted by Gasteiger charge is -2.31. The second-order valence-electron chi connectivity index (χ2n) is 10.2. The molecule has 2 aliphatic rings. The zero-order chi connectivity index (χ0) is 30.1. The van der Waals surface area contributed by atoms with Crippen molar-refractivity contribution in [2.24, 2.45) is 0 Å². The number of allylic oxidation sites excluding steroid dienone is 1. The summed E-state index contributed by atoms with van der Waals surface area (Å²) in [5, 5.41) is 0.101. The number of halogens is 7. The molecule has 0 spiro atoms. The number of aromatic nitrogens is 1. The van der Waals surface area contributed by atoms with E-state index in [-0.39, 0.29) is 22.3 Å². The molecule has 8 rings (SSSR count). The van der Waals surface area contributed by atoms with Crippen LogP contribution in [-0.2, 0) is 0 Å². The van der Waals surface area contributed by atoms with E-state index in [1.54, 1.807) is 12.1 Å². The van der Waals surface area contributed by atoms with Gasteiger partial charge in [0, 0.05) is 47.7 Å². The van der Waals surface area contributed by atoms with Crippen LogP contribution in [0.25, 0.3) is 41.4 Å². The highest BCUT2D eigenvalue weighted by Crippen LogP contribution is 2.47. The van der Waals surface area contributed by atoms with Crippen molar-refractivity contribution in [1.82, 2.24) is 8.96 Å². The molecule has 14 heteroatoms. The summed E-state index contributed by atoms with van der Waals surface area (Å²) in [6.07, 6.45) is 1.34. The van der Waals surface area contributed by atoms with Crippen molar-refractivity contribution in [1.29, 1.82) is 0 Å². The molecular formula is C29H14BF7N2S4. The molecule has 0 saturated carbocycles. The van der Waals surface area contributed by atoms with Gasteiger partial charge in [0.05, 0.1) is 20.7 Å². The third kappa shape index (κ3) is 3.66. The van der Waals surface area contributed by atoms with Crippen molar-refractivity contribution in [3.8, 4) is 19.5 Å². The topological polar surface area (TPSA) is 7.94 Å². The van der Waals surface area contributed by atoms with E-state index in [0.29, 0.717) is 18.2 Å². The number of aryl methyl sites for hydroxylation is 2. The van der Waals surface area contributed by atoms with Gasteiger partial charge in [0.2, 0.25) is 5.82 Å². The normalized spacial score (nSPS) is 15.3. The van der Waals surface area contributed by atoms with E-state index in [4.69, 9.17) is 0 Å². The van der Waals surface area contributed by atoms with Gasteiger partial charge >= 0.3 is 6.97 Å². The predicted octanol–water partition coefficient (Wildman–Crippen LogP) is 8.51. The van der Waals surface area contributed by atoms with Gasteiger partial charge in [-0.3, -0.25) is 0 Å². The molecule has 1 aromatic carbocycles. The Morgan fingerprint density at radius 1 is 0.674 bits per heavy atom. The molecule has 0 N–H and O–H groups in total. The van der Waals surface area contributed by atoms with Gasteiger partial charge in [0.1, 0.15) is 4.53 Å². The Morgan fingerprint density at radius 2 is 1.26 bits per heavy atom. The maximum absolute atomic E-state index is 16.9. The second kappa shape index (κ2) is 9.04. The average molecular weight is 663 g/mol. The smallest absolute Gasteiger partial charge is 0.389 e. The van der Waals surface area contributed by atoms with Crippen molar-refractivity contribution in [3.05, 3.63) is 108 Å². The van der Waals surface area contributed by atoms with E-state index in [1.165, 1.54) is 57.5 Å². The minimum absolute atomic E-state index is 0.101. The number of hydrogen-bond acceptors (Lipinski definition) is 4. The van der Waals surface area contributed by atoms with E-state index in [1.807, 2.05) is 38.1 Å². The molecule has 0 fully saturated rings. The molecule has 0 radical (unpaired) electrons. The number of benzene rings is 1. The van der Waals surface area contributed by atoms with Crippen LogP contribution < -0.4 is 14.4 Å². The first kappa shape index (κ1) is 27.1. The van der Waals surface area contributed by atoms with Crippen molar-refractivity contribution in [2.45, 2.75) is 13.8 Å². The van der Waals surface area contributed by atoms with E-state index in [0.717, 1.165) is 29.3 Å². The summed E-state index contributed by atoms with van der Waals surface area (Å²) in [6, 6.07) is 12.1. The molecular weight excluding hydrogens is 648 g/mol. The lowest BCUT2D eigenvalue weighted by Crippen LogP contribution is -2.56. The molecule has 43 heavy (non-hydrogen) atoms. The number of fused-ring (bicyclic) bond motifs is 5. The molecule has 6 aromatic rings. The Hall–Kier alpha value is -3.46. The number of hydrogen-bond donors (Lipinski definition) is 0. The van der Waals surface area contributed by atoms with Crippen LogP contribution in [0, 0.1) is 42.9 Å². The summed E-state index contributed by atoms with van der Waals surface area (Å²) in [4.78, 5) is 5.22. The lowest BCUT2D eigenvalue weighted by molar-refractivity contribution is 0.376. The van der Waals surface area contributed by atoms with E-state index < -0.39 is 47.2 Å². The largest absolute Gasteiger partial charge is 0.738 e. The van der Waals surface area contributed by atoms with Gasteiger partial charge in [-0.05, 0) is 50.2 Å². The van der Waals surface area contributed by atoms with Gasteiger partial charge in [-0.2, -0.15) is 0 Å². The maximum Gasteiger partial charge on any atom is 0.738 e. The summed E-state index contributed by atoms with van der Waals surface area (Å²) in [5.41, 5.74) is -2.28. The van der Waals surface area contributed by atoms with Crippen LogP contribution in [0.3, 0.4) is 0 Å². The Bertz CT molecular complexity index is 2340. The highest BCUT2D eigenvalue weighted by Gasteiger charge is 2.55. The highest BCUT2D eigenvalue weighted by molar-refractivity contribution is 7.26. The van der Waals surface area contributed by atoms with Gasteiger partial charge in [-0.1, -0.05) is 0 Å². The van der Waals surface area contributed by atoms with Gasteiger partial charge in [0.15, 0.2) is 34.3 Å². The summed E-state index contributed by atoms with van der Waals surface area (Å²) in [6.45, 7) is -0.827. The van der Waals surface area contributed by atoms with Crippen LogP contribution in [0.2, 0.25) is 0 Å². The fourth-order valence-corrected chi connectivity index (χ4v) is 9.85. The van der Waals surface area contributed by atoms with Crippen molar-refractivity contribution >= 4 is 74.2 Å². The van der Waals surface area contributed by atoms with Crippen molar-refractivity contribution < 1.29 is 30.6 Å². The van der Waals surface area contributed by atoms with Crippen molar-refractivity contribution in [3.63, 3.8) is 0 Å². The highest BCUT2D eigenvalue weighted by atomic mass is 32.1. The molecule has 0 amide bonds. The zero-order valence-electron chi connectivity index (χ0n) is 21.9. The zero-order valence-corrected chi connectivity index (χ0v) is 25.1. The van der Waals surface area contributed by atoms with E-state index >= 15 is 17.4 Å². The first-order chi connectivity index (χ1) is 20.5. The minimum Gasteiger partial charge on any atom is -0.389 e. The van der Waals surface area contributed by atoms with Gasteiger partial charge in [0.25, 0.3) is 0 Å². The van der Waals surface area contributed by atoms with Crippen LogP contribution in [0.5, 0.6) is 0 Å². The minimum atomic E-state index is -4.67. The Morgan fingerprint density at radius 3 is 1.84 bits per heavy atom. The van der Waals surface area contributed by atoms with Gasteiger partial charge in [-0.25, -0.2) is 22.0 Å². The summed E-state index contributed by atoms with van der Waals surface area (Å²) >= 11 is 5.40. The molecule has 2 nitrogen and oxygen atoms in total. The first-order valence-corrected chi connectivity index (χ1v) is 16.1. The fourth-order valence-electron chi connectivity index (χ4n) is 5.78. The molecule has 5 aromatic heterocycles. The van der Waals surface area contributed by atoms with Crippen LogP contribution in [0.4, 0.5) is 30.6 Å². The Labute approximate surface area is 254 Å². The molecule has 0 aliphatic carbocycles. The molecule has 7 heterocycles. The summed E-state index contributed by atoms with van der Waals surface area (Å²) < 4.78 is 110. The Balaban J connectivity index is 1.48. The number of rotatable bonds is 3. The molecule has 0 saturated heterocycles. The SMILES string of the molecule is Cc1ccc(-c2cc3c(s2)=CC2=C(c4c(F)c(F)c(F)c(F)c4F)c4cc5sc(-c6ccc(C)s6)cc5n4[B-](F)(F)[N+]=32)s1. The van der Waals surface area contributed by atoms with Crippen LogP contribution in [0.15, 0.2) is 48.2 Å². The molecule has 216 valence electrons. The van der Waals surface area contributed by atoms with Crippen LogP contribution in [-0.4, -0.2) is 11.4 Å². The average Bonchev–Trinajstić information content (AvgIpc) is 3.77. The third-order valence-electron chi connectivity index (χ3n) is 7.61. The monoisotopic (exact) mass is 662 g/mol. The van der Waals surface area contributed by atoms with Crippen LogP contribution >= 0.6 is 45.3 Å². The quantitative estimate of drug-likeness (QED) is 0.0778. The van der Waals surface area contributed by atoms with Gasteiger partial charge in [-0.15, -0.1) is 45.3 Å². The number of thiophene rings is 4. The van der Waals surface area contributed by atoms with Crippen molar-refractivity contribution in [2.75, 3.05) is 0 Å². The van der Waals surface area contributed by atoms with Crippen LogP contribution in [0.1, 0.15) is 21.0 Å². The van der Waals surface area contributed by atoms with E-state index in [9.17, 15) is 13.2 Å². The third-order valence-corrected chi connectivity index (χ3v) is 12.1. The maximum atomic E-state index is 16.9. The van der Waals surface area contributed by atoms with E-state index in [2.05, 4.69) is 0 Å². The molecule has 2 aliphatic heterocycles. The van der Waals surface area contributed by atoms with Gasteiger partial charge < -0.3 is 17.6 Å². The number of nitrogens with zero attached hydrogens (tertiary/aromatic N) is 2. The standard InChI is InChI=1S/C29H14BF7N2S4/c1-11-3-5-17(40-11)21-7-13-19(42-21)9-15-23(24-25(31)27(33)29(35)28(34)26(24)32)16-10-20-14(39(16)30(36,37)38(13)15)8-22(43-20)18-6-4-12(2)41-18/h3-10H,1-2H3. The Kier molecular flexibility index (Phi) is 5.70.